The molecule has 0 aliphatic carbocycles. The van der Waals surface area contributed by atoms with Crippen molar-refractivity contribution in [1.82, 2.24) is 4.98 Å². The van der Waals surface area contributed by atoms with Gasteiger partial charge in [0.1, 0.15) is 11.3 Å². The summed E-state index contributed by atoms with van der Waals surface area (Å²) < 4.78 is 36.1. The fraction of sp³-hybridized carbons (Fsp3) is 0.167. The molecule has 0 fully saturated rings. The lowest BCUT2D eigenvalue weighted by Gasteiger charge is -2.06. The van der Waals surface area contributed by atoms with Gasteiger partial charge in [-0.1, -0.05) is 23.2 Å². The standard InChI is InChI=1S/C6HCl2F3N/c7-3-1-4(6(9,10)11)5(8)12-2-3/h1H. The molecule has 0 atom stereocenters. The van der Waals surface area contributed by atoms with Gasteiger partial charge in [0.25, 0.3) is 0 Å². The van der Waals surface area contributed by atoms with Crippen LogP contribution < -0.4 is 0 Å². The molecule has 1 radical (unpaired) electrons. The Labute approximate surface area is 76.1 Å². The molecule has 1 aromatic rings. The molecule has 1 nitrogen and oxygen atoms in total. The highest BCUT2D eigenvalue weighted by Gasteiger charge is 2.34. The molecule has 0 saturated carbocycles. The van der Waals surface area contributed by atoms with E-state index in [4.69, 9.17) is 23.2 Å². The van der Waals surface area contributed by atoms with Gasteiger partial charge in [0.05, 0.1) is 10.6 Å². The van der Waals surface area contributed by atoms with Crippen LogP contribution in [0.15, 0.2) is 6.07 Å². The van der Waals surface area contributed by atoms with E-state index in [0.29, 0.717) is 6.07 Å². The molecule has 0 unspecified atom stereocenters. The van der Waals surface area contributed by atoms with E-state index < -0.39 is 16.9 Å². The van der Waals surface area contributed by atoms with Gasteiger partial charge in [0.2, 0.25) is 0 Å². The summed E-state index contributed by atoms with van der Waals surface area (Å²) in [5, 5.41) is -0.862. The fourth-order valence-electron chi connectivity index (χ4n) is 0.580. The Bertz CT molecular complexity index is 297. The summed E-state index contributed by atoms with van der Waals surface area (Å²) in [5.41, 5.74) is -1.05. The highest BCUT2D eigenvalue weighted by atomic mass is 35.5. The number of halogens is 5. The maximum atomic E-state index is 12.0. The number of hydrogen-bond acceptors (Lipinski definition) is 1. The van der Waals surface area contributed by atoms with Crippen LogP contribution in [-0.4, -0.2) is 4.98 Å². The van der Waals surface area contributed by atoms with Crippen LogP contribution >= 0.6 is 23.2 Å². The van der Waals surface area contributed by atoms with Crippen LogP contribution in [0.1, 0.15) is 5.56 Å². The molecule has 0 amide bonds. The summed E-state index contributed by atoms with van der Waals surface area (Å²) in [6, 6.07) is 0.677. The molecule has 65 valence electrons. The van der Waals surface area contributed by atoms with Gasteiger partial charge in [-0.15, -0.1) is 0 Å². The molecule has 0 spiro atoms. The van der Waals surface area contributed by atoms with Crippen LogP contribution in [0.25, 0.3) is 0 Å². The van der Waals surface area contributed by atoms with E-state index in [1.165, 1.54) is 0 Å². The van der Waals surface area contributed by atoms with Gasteiger partial charge in [0, 0.05) is 0 Å². The van der Waals surface area contributed by atoms with Gasteiger partial charge in [-0.3, -0.25) is 0 Å². The Morgan fingerprint density at radius 3 is 2.33 bits per heavy atom. The molecule has 0 saturated heterocycles. The van der Waals surface area contributed by atoms with Crippen molar-refractivity contribution in [1.29, 1.82) is 0 Å². The summed E-state index contributed by atoms with van der Waals surface area (Å²) in [6.45, 7) is 0. The van der Waals surface area contributed by atoms with Gasteiger partial charge in [-0.2, -0.15) is 13.2 Å². The summed E-state index contributed by atoms with van der Waals surface area (Å²) in [5.74, 6) is 0. The highest BCUT2D eigenvalue weighted by molar-refractivity contribution is 6.32. The van der Waals surface area contributed by atoms with Crippen molar-refractivity contribution in [2.24, 2.45) is 0 Å². The van der Waals surface area contributed by atoms with Gasteiger partial charge < -0.3 is 0 Å². The maximum absolute atomic E-state index is 12.0. The lowest BCUT2D eigenvalue weighted by atomic mass is 10.3. The van der Waals surface area contributed by atoms with Crippen molar-refractivity contribution in [2.75, 3.05) is 0 Å². The summed E-state index contributed by atoms with van der Waals surface area (Å²) >= 11 is 10.4. The minimum absolute atomic E-state index is 0.216. The molecule has 1 rings (SSSR count). The highest BCUT2D eigenvalue weighted by Crippen LogP contribution is 2.34. The summed E-state index contributed by atoms with van der Waals surface area (Å²) in [4.78, 5) is 3.13. The average molecular weight is 215 g/mol. The number of rotatable bonds is 0. The van der Waals surface area contributed by atoms with Crippen molar-refractivity contribution in [3.63, 3.8) is 0 Å². The number of alkyl halides is 3. The Morgan fingerprint density at radius 2 is 1.92 bits per heavy atom. The number of hydrogen-bond donors (Lipinski definition) is 0. The first-order valence-corrected chi connectivity index (χ1v) is 3.48. The van der Waals surface area contributed by atoms with Crippen LogP contribution in [0.3, 0.4) is 0 Å². The molecule has 1 aromatic heterocycles. The third-order valence-corrected chi connectivity index (χ3v) is 1.54. The maximum Gasteiger partial charge on any atom is 0.419 e. The van der Waals surface area contributed by atoms with Crippen LogP contribution in [0.2, 0.25) is 10.2 Å². The monoisotopic (exact) mass is 214 g/mol. The molecule has 6 heteroatoms. The molecule has 0 aliphatic rings. The quantitative estimate of drug-likeness (QED) is 0.605. The molecule has 1 heterocycles. The summed E-state index contributed by atoms with van der Waals surface area (Å²) in [7, 11) is 0. The van der Waals surface area contributed by atoms with Gasteiger partial charge in [0.15, 0.2) is 0 Å². The summed E-state index contributed by atoms with van der Waals surface area (Å²) in [6.07, 6.45) is -2.43. The van der Waals surface area contributed by atoms with Crippen molar-refractivity contribution in [3.8, 4) is 0 Å². The molecule has 0 N–H and O–H groups in total. The van der Waals surface area contributed by atoms with E-state index in [9.17, 15) is 13.2 Å². The first kappa shape index (κ1) is 9.61. The fourth-order valence-corrected chi connectivity index (χ4v) is 0.935. The number of aromatic nitrogens is 1. The van der Waals surface area contributed by atoms with E-state index in [-0.39, 0.29) is 5.02 Å². The predicted octanol–water partition coefficient (Wildman–Crippen LogP) is 3.21. The van der Waals surface area contributed by atoms with Gasteiger partial charge in [-0.05, 0) is 6.07 Å². The van der Waals surface area contributed by atoms with Crippen molar-refractivity contribution < 1.29 is 13.2 Å². The van der Waals surface area contributed by atoms with Crippen molar-refractivity contribution >= 4 is 23.2 Å². The lowest BCUT2D eigenvalue weighted by Crippen LogP contribution is -2.06. The van der Waals surface area contributed by atoms with Crippen molar-refractivity contribution in [2.45, 2.75) is 6.18 Å². The Balaban J connectivity index is 3.23. The molecule has 0 aliphatic heterocycles. The zero-order valence-corrected chi connectivity index (χ0v) is 6.93. The zero-order chi connectivity index (χ0) is 9.35. The minimum atomic E-state index is -4.52. The van der Waals surface area contributed by atoms with Gasteiger partial charge >= 0.3 is 6.18 Å². The van der Waals surface area contributed by atoms with E-state index in [1.807, 2.05) is 0 Å². The second-order valence-corrected chi connectivity index (χ2v) is 2.68. The van der Waals surface area contributed by atoms with E-state index in [0.717, 1.165) is 0 Å². The first-order valence-electron chi connectivity index (χ1n) is 2.72. The Morgan fingerprint density at radius 1 is 1.33 bits per heavy atom. The SMILES string of the molecule is FC(F)(F)c1cc(Cl)[c]nc1Cl. The third-order valence-electron chi connectivity index (χ3n) is 1.06. The molecular formula is C6HCl2F3N. The van der Waals surface area contributed by atoms with E-state index >= 15 is 0 Å². The second kappa shape index (κ2) is 3.11. The lowest BCUT2D eigenvalue weighted by molar-refractivity contribution is -0.137. The third kappa shape index (κ3) is 2.01. The molecular weight excluding hydrogens is 214 g/mol. The second-order valence-electron chi connectivity index (χ2n) is 1.92. The number of nitrogens with zero attached hydrogens (tertiary/aromatic N) is 1. The molecule has 0 aromatic carbocycles. The van der Waals surface area contributed by atoms with Crippen LogP contribution in [0.5, 0.6) is 0 Å². The van der Waals surface area contributed by atoms with Crippen LogP contribution in [-0.2, 0) is 6.18 Å². The zero-order valence-electron chi connectivity index (χ0n) is 5.41. The molecule has 0 bridgehead atoms. The number of pyridine rings is 1. The minimum Gasteiger partial charge on any atom is -0.232 e. The average Bonchev–Trinajstić information content (AvgIpc) is 1.92. The van der Waals surface area contributed by atoms with E-state index in [2.05, 4.69) is 11.2 Å². The largest absolute Gasteiger partial charge is 0.419 e. The van der Waals surface area contributed by atoms with Crippen LogP contribution in [0.4, 0.5) is 13.2 Å². The van der Waals surface area contributed by atoms with Crippen LogP contribution in [0, 0.1) is 6.20 Å². The van der Waals surface area contributed by atoms with Crippen molar-refractivity contribution in [3.05, 3.63) is 28.0 Å². The topological polar surface area (TPSA) is 12.9 Å². The van der Waals surface area contributed by atoms with Gasteiger partial charge in [-0.25, -0.2) is 4.98 Å². The Hall–Kier alpha value is -0.480. The Kier molecular flexibility index (Phi) is 2.49. The normalized spacial score (nSPS) is 11.8. The van der Waals surface area contributed by atoms with E-state index in [1.54, 1.807) is 0 Å². The smallest absolute Gasteiger partial charge is 0.232 e. The first-order chi connectivity index (χ1) is 5.41. The predicted molar refractivity (Wildman–Crippen MR) is 38.1 cm³/mol. The molecule has 12 heavy (non-hydrogen) atoms.